The van der Waals surface area contributed by atoms with E-state index in [0.717, 1.165) is 0 Å². The summed E-state index contributed by atoms with van der Waals surface area (Å²) in [7, 11) is 0. The first-order chi connectivity index (χ1) is 8.34. The van der Waals surface area contributed by atoms with Gasteiger partial charge < -0.3 is 0 Å². The molecule has 0 fully saturated rings. The first-order valence-electron chi connectivity index (χ1n) is 3.09. The average molecular weight is 886 g/mol. The molecule has 0 aliphatic carbocycles. The minimum atomic E-state index is -10.8. The van der Waals surface area contributed by atoms with E-state index in [-0.39, 0.29) is 160 Å². The molecule has 0 aliphatic rings. The first-order valence-corrected chi connectivity index (χ1v) is 7.48. The Morgan fingerprint density at radius 1 is 0.423 bits per heavy atom. The van der Waals surface area contributed by atoms with Gasteiger partial charge in [0, 0.05) is 20.1 Å². The van der Waals surface area contributed by atoms with Gasteiger partial charge in [-0.1, -0.05) is 0 Å². The standard InChI is InChI=1S/3BrH.Ir.6NO2.3Na.Rh.3H/c;;;;6*2-1-3;;;;;;;/h3*1H;;;;;;;;;;;;;;. The molecule has 0 bridgehead atoms. The van der Waals surface area contributed by atoms with Crippen molar-refractivity contribution in [3.63, 3.8) is 0 Å². The van der Waals surface area contributed by atoms with Crippen LogP contribution >= 0.6 is 50.9 Å². The number of hydrogen-bond donors (Lipinski definition) is 0. The fourth-order valence-electron chi connectivity index (χ4n) is 0.667. The summed E-state index contributed by atoms with van der Waals surface area (Å²) in [4.78, 5) is 63.3. The molecule has 0 aliphatic heterocycles. The van der Waals surface area contributed by atoms with Crippen LogP contribution in [0.15, 0.2) is 0 Å². The van der Waals surface area contributed by atoms with Crippen molar-refractivity contribution < 1.29 is 56.0 Å². The molecule has 0 heterocycles. The third kappa shape index (κ3) is 4.27. The molecule has 0 saturated carbocycles. The molecule has 26 heteroatoms. The number of rotatable bonds is 6. The minimum absolute atomic E-state index is 0. The van der Waals surface area contributed by atoms with Gasteiger partial charge in [-0.3, -0.25) is 0 Å². The van der Waals surface area contributed by atoms with E-state index in [1.165, 1.54) is 0 Å². The van der Waals surface area contributed by atoms with E-state index in [4.69, 9.17) is 0 Å². The molecular formula is H6Br3IrN6Na3O12Rh. The van der Waals surface area contributed by atoms with Gasteiger partial charge in [0.15, 0.2) is 0 Å². The van der Waals surface area contributed by atoms with Gasteiger partial charge in [-0.25, -0.2) is 0 Å². The van der Waals surface area contributed by atoms with Gasteiger partial charge in [-0.2, -0.15) is 0 Å². The van der Waals surface area contributed by atoms with E-state index < -0.39 is 35.9 Å². The molecule has 0 unspecified atom stereocenters. The van der Waals surface area contributed by atoms with E-state index in [2.05, 4.69) is 0 Å². The summed E-state index contributed by atoms with van der Waals surface area (Å²) in [5, 5.41) is 63.3. The predicted molar refractivity (Wildman–Crippen MR) is 94.4 cm³/mol. The fraction of sp³-hybridized carbons (Fsp3) is 0. The second kappa shape index (κ2) is 15.0. The Balaban J connectivity index is -0.0000000771. The Hall–Kier alpha value is 2.11. The Labute approximate surface area is 252 Å². The van der Waals surface area contributed by atoms with Crippen molar-refractivity contribution in [3.8, 4) is 0 Å². The number of hydrogen-bond acceptors (Lipinski definition) is 12. The third-order valence-electron chi connectivity index (χ3n) is 1.63. The molecule has 0 saturated heterocycles. The third-order valence-corrected chi connectivity index (χ3v) is 9.66. The second-order valence-electron chi connectivity index (χ2n) is 2.18. The van der Waals surface area contributed by atoms with Crippen molar-refractivity contribution in [2.45, 2.75) is 0 Å². The van der Waals surface area contributed by atoms with Crippen LogP contribution in [0.4, 0.5) is 0 Å². The van der Waals surface area contributed by atoms with Gasteiger partial charge >= 0.3 is 185 Å². The monoisotopic (exact) mass is 884 g/mol. The van der Waals surface area contributed by atoms with Crippen LogP contribution in [0, 0.1) is 60.7 Å². The van der Waals surface area contributed by atoms with Gasteiger partial charge in [0.25, 0.3) is 0 Å². The molecule has 1 radical (unpaired) electrons. The van der Waals surface area contributed by atoms with Gasteiger partial charge in [0.1, 0.15) is 0 Å². The van der Waals surface area contributed by atoms with Crippen molar-refractivity contribution in [3.05, 3.63) is 60.7 Å². The zero-order chi connectivity index (χ0) is 15.9. The quantitative estimate of drug-likeness (QED) is 0.162. The number of nitro groups is 6. The molecule has 0 atom stereocenters. The summed E-state index contributed by atoms with van der Waals surface area (Å²) in [6, 6.07) is 0. The molecule has 150 valence electrons. The molecule has 0 spiro atoms. The fourth-order valence-corrected chi connectivity index (χ4v) is 3.94. The van der Waals surface area contributed by atoms with Crippen LogP contribution in [0.25, 0.3) is 0 Å². The van der Waals surface area contributed by atoms with E-state index in [1.807, 2.05) is 0 Å². The molecule has 0 rings (SSSR count). The van der Waals surface area contributed by atoms with E-state index in [9.17, 15) is 60.7 Å². The van der Waals surface area contributed by atoms with Crippen molar-refractivity contribution in [2.24, 2.45) is 0 Å². The summed E-state index contributed by atoms with van der Waals surface area (Å²) in [6.45, 7) is 0. The zero-order valence-corrected chi connectivity index (χ0v) is 18.6. The SMILES string of the molecule is Br.Br.Br.O=[N+]([O-])[Rh]([N+](=O)[O-])([N+](=O)[O-])([N+](=O)[O-])([N+](=O)[O-])[N+](=O)[O-].[Ir].[NaH].[NaH].[NaH]. The molecule has 18 nitrogen and oxygen atoms in total. The van der Waals surface area contributed by atoms with Crippen LogP contribution in [0.1, 0.15) is 0 Å². The summed E-state index contributed by atoms with van der Waals surface area (Å²) in [5.41, 5.74) is 0. The summed E-state index contributed by atoms with van der Waals surface area (Å²) >= 11 is -10.8. The average Bonchev–Trinajstić information content (AvgIpc) is 2.15. The van der Waals surface area contributed by atoms with Gasteiger partial charge in [-0.05, 0) is 0 Å². The normalized spacial score (nSPS) is 10.6. The summed E-state index contributed by atoms with van der Waals surface area (Å²) < 4.78 is -19.4. The molecule has 0 N–H and O–H groups in total. The van der Waals surface area contributed by atoms with Crippen LogP contribution in [0.3, 0.4) is 0 Å². The van der Waals surface area contributed by atoms with Crippen LogP contribution in [-0.2, 0) is 34.0 Å². The van der Waals surface area contributed by atoms with Crippen LogP contribution < -0.4 is 0 Å². The van der Waals surface area contributed by atoms with Gasteiger partial charge in [0.2, 0.25) is 0 Å². The van der Waals surface area contributed by atoms with E-state index in [0.29, 0.717) is 0 Å². The van der Waals surface area contributed by atoms with Crippen molar-refractivity contribution in [1.29, 1.82) is 0 Å². The number of halogens is 3. The predicted octanol–water partition coefficient (Wildman–Crippen LogP) is -1.85. The van der Waals surface area contributed by atoms with Crippen LogP contribution in [0.5, 0.6) is 0 Å². The maximum atomic E-state index is 10.5. The van der Waals surface area contributed by atoms with Crippen molar-refractivity contribution >= 4 is 140 Å². The van der Waals surface area contributed by atoms with Crippen molar-refractivity contribution in [2.75, 3.05) is 0 Å². The Kier molecular flexibility index (Phi) is 29.5. The summed E-state index contributed by atoms with van der Waals surface area (Å²) in [6.07, 6.45) is 0. The molecular weight excluding hydrogens is 880 g/mol. The van der Waals surface area contributed by atoms with E-state index >= 15 is 0 Å². The molecule has 0 aromatic heterocycles. The molecule has 0 aromatic carbocycles. The first kappa shape index (κ1) is 51.1. The Morgan fingerprint density at radius 2 is 0.500 bits per heavy atom. The topological polar surface area (TPSA) is 259 Å². The summed E-state index contributed by atoms with van der Waals surface area (Å²) in [5.74, 6) is 0. The molecule has 0 aromatic rings. The zero-order valence-electron chi connectivity index (χ0n) is 9.47. The van der Waals surface area contributed by atoms with Gasteiger partial charge in [-0.15, -0.1) is 50.9 Å². The maximum absolute atomic E-state index is 10.8. The Bertz CT molecular complexity index is 457. The van der Waals surface area contributed by atoms with Crippen LogP contribution in [-0.4, -0.2) is 111 Å². The molecule has 26 heavy (non-hydrogen) atoms. The van der Waals surface area contributed by atoms with E-state index in [1.54, 1.807) is 0 Å². The number of nitrogens with zero attached hydrogens (tertiary/aromatic N) is 6. The van der Waals surface area contributed by atoms with Crippen molar-refractivity contribution in [1.82, 2.24) is 0 Å². The second-order valence-corrected chi connectivity index (χ2v) is 10.7. The Morgan fingerprint density at radius 3 is 0.500 bits per heavy atom. The van der Waals surface area contributed by atoms with Gasteiger partial charge in [0.05, 0.1) is 0 Å². The van der Waals surface area contributed by atoms with Crippen LogP contribution in [0.2, 0.25) is 0 Å². The molecule has 0 amide bonds.